The molecule has 1 saturated heterocycles. The number of likely N-dealkylation sites (tertiary alicyclic amines) is 1. The molecule has 0 radical (unpaired) electrons. The van der Waals surface area contributed by atoms with Gasteiger partial charge in [0.05, 0.1) is 12.8 Å². The minimum atomic E-state index is -0.0130. The first kappa shape index (κ1) is 18.9. The minimum absolute atomic E-state index is 0.0130. The first-order chi connectivity index (χ1) is 12.7. The molecule has 1 aromatic heterocycles. The Balaban J connectivity index is 1.50. The highest BCUT2D eigenvalue weighted by Gasteiger charge is 2.16. The lowest BCUT2D eigenvalue weighted by Gasteiger charge is -2.13. The molecule has 1 N–H and O–H groups in total. The monoisotopic (exact) mass is 373 g/mol. The fourth-order valence-corrected chi connectivity index (χ4v) is 4.20. The maximum Gasteiger partial charge on any atom is 0.263 e. The van der Waals surface area contributed by atoms with E-state index in [1.165, 1.54) is 37.3 Å². The minimum Gasteiger partial charge on any atom is -0.497 e. The van der Waals surface area contributed by atoms with Crippen molar-refractivity contribution in [2.24, 2.45) is 0 Å². The summed E-state index contributed by atoms with van der Waals surface area (Å²) >= 11 is 1.45. The number of rotatable bonds is 8. The summed E-state index contributed by atoms with van der Waals surface area (Å²) < 4.78 is 5.18. The van der Waals surface area contributed by atoms with E-state index in [4.69, 9.17) is 4.74 Å². The molecule has 140 valence electrons. The van der Waals surface area contributed by atoms with Gasteiger partial charge in [0.25, 0.3) is 5.91 Å². The fourth-order valence-electron chi connectivity index (χ4n) is 3.21. The summed E-state index contributed by atoms with van der Waals surface area (Å²) in [7, 11) is 1.65. The number of aromatic nitrogens is 1. The van der Waals surface area contributed by atoms with E-state index in [1.54, 1.807) is 7.11 Å². The molecule has 2 heterocycles. The molecule has 0 unspecified atom stereocenters. The third kappa shape index (κ3) is 4.83. The van der Waals surface area contributed by atoms with Crippen molar-refractivity contribution in [2.45, 2.75) is 32.6 Å². The SMILES string of the molecule is COc1ccc(-c2nc(C)c(C(=O)NCCCCN3CCCC3)s2)cc1. The van der Waals surface area contributed by atoms with E-state index in [0.717, 1.165) is 47.9 Å². The number of ether oxygens (including phenoxy) is 1. The van der Waals surface area contributed by atoms with Crippen LogP contribution in [0.5, 0.6) is 5.75 Å². The fraction of sp³-hybridized carbons (Fsp3) is 0.500. The highest BCUT2D eigenvalue weighted by atomic mass is 32.1. The number of carbonyl (C=O) groups excluding carboxylic acids is 1. The average Bonchev–Trinajstić information content (AvgIpc) is 3.31. The zero-order valence-corrected chi connectivity index (χ0v) is 16.4. The molecule has 0 atom stereocenters. The number of unbranched alkanes of at least 4 members (excludes halogenated alkanes) is 1. The van der Waals surface area contributed by atoms with E-state index in [9.17, 15) is 4.79 Å². The number of thiazole rings is 1. The second-order valence-electron chi connectivity index (χ2n) is 6.67. The molecular formula is C20H27N3O2S. The third-order valence-electron chi connectivity index (χ3n) is 4.73. The molecule has 0 aliphatic carbocycles. The molecular weight excluding hydrogens is 346 g/mol. The number of hydrogen-bond donors (Lipinski definition) is 1. The van der Waals surface area contributed by atoms with E-state index in [2.05, 4.69) is 15.2 Å². The van der Waals surface area contributed by atoms with Crippen LogP contribution >= 0.6 is 11.3 Å². The van der Waals surface area contributed by atoms with Gasteiger partial charge in [0.15, 0.2) is 0 Å². The summed E-state index contributed by atoms with van der Waals surface area (Å²) in [4.78, 5) is 20.2. The zero-order chi connectivity index (χ0) is 18.4. The Bertz CT molecular complexity index is 721. The van der Waals surface area contributed by atoms with Gasteiger partial charge in [-0.1, -0.05) is 0 Å². The summed E-state index contributed by atoms with van der Waals surface area (Å²) in [5.74, 6) is 0.801. The highest BCUT2D eigenvalue weighted by Crippen LogP contribution is 2.29. The lowest BCUT2D eigenvalue weighted by atomic mass is 10.2. The number of hydrogen-bond acceptors (Lipinski definition) is 5. The number of nitrogens with zero attached hydrogens (tertiary/aromatic N) is 2. The Hall–Kier alpha value is -1.92. The lowest BCUT2D eigenvalue weighted by molar-refractivity contribution is 0.0956. The maximum atomic E-state index is 12.5. The van der Waals surface area contributed by atoms with Gasteiger partial charge in [0, 0.05) is 12.1 Å². The first-order valence-corrected chi connectivity index (χ1v) is 10.1. The predicted octanol–water partition coefficient (Wildman–Crippen LogP) is 3.73. The van der Waals surface area contributed by atoms with Crippen LogP contribution < -0.4 is 10.1 Å². The number of amides is 1. The van der Waals surface area contributed by atoms with Crippen LogP contribution in [0, 0.1) is 6.92 Å². The van der Waals surface area contributed by atoms with Crippen molar-refractivity contribution >= 4 is 17.2 Å². The smallest absolute Gasteiger partial charge is 0.263 e. The molecule has 5 nitrogen and oxygen atoms in total. The largest absolute Gasteiger partial charge is 0.497 e. The third-order valence-corrected chi connectivity index (χ3v) is 5.93. The molecule has 1 aliphatic rings. The second kappa shape index (κ2) is 9.14. The number of nitrogens with one attached hydrogen (secondary N) is 1. The highest BCUT2D eigenvalue weighted by molar-refractivity contribution is 7.17. The van der Waals surface area contributed by atoms with Crippen molar-refractivity contribution in [1.82, 2.24) is 15.2 Å². The molecule has 0 spiro atoms. The molecule has 0 saturated carbocycles. The summed E-state index contributed by atoms with van der Waals surface area (Å²) in [5.41, 5.74) is 1.79. The molecule has 26 heavy (non-hydrogen) atoms. The van der Waals surface area contributed by atoms with Crippen LogP contribution in [0.1, 0.15) is 41.0 Å². The number of aryl methyl sites for hydroxylation is 1. The number of methoxy groups -OCH3 is 1. The first-order valence-electron chi connectivity index (χ1n) is 9.30. The number of carbonyl (C=O) groups is 1. The van der Waals surface area contributed by atoms with E-state index in [-0.39, 0.29) is 5.91 Å². The number of benzene rings is 1. The molecule has 3 rings (SSSR count). The Morgan fingerprint density at radius 1 is 1.23 bits per heavy atom. The Morgan fingerprint density at radius 3 is 2.65 bits per heavy atom. The molecule has 2 aromatic rings. The summed E-state index contributed by atoms with van der Waals surface area (Å²) in [6, 6.07) is 7.76. The van der Waals surface area contributed by atoms with Crippen molar-refractivity contribution < 1.29 is 9.53 Å². The molecule has 1 aromatic carbocycles. The molecule has 1 fully saturated rings. The van der Waals surface area contributed by atoms with Crippen molar-refractivity contribution in [2.75, 3.05) is 33.3 Å². The van der Waals surface area contributed by atoms with Crippen LogP contribution in [0.3, 0.4) is 0 Å². The van der Waals surface area contributed by atoms with Crippen molar-refractivity contribution in [3.8, 4) is 16.3 Å². The quantitative estimate of drug-likeness (QED) is 0.717. The topological polar surface area (TPSA) is 54.5 Å². The molecule has 1 aliphatic heterocycles. The van der Waals surface area contributed by atoms with Crippen molar-refractivity contribution in [3.05, 3.63) is 34.8 Å². The van der Waals surface area contributed by atoms with Crippen LogP contribution in [0.4, 0.5) is 0 Å². The van der Waals surface area contributed by atoms with Gasteiger partial charge in [-0.15, -0.1) is 11.3 Å². The van der Waals surface area contributed by atoms with E-state index >= 15 is 0 Å². The van der Waals surface area contributed by atoms with Crippen LogP contribution in [-0.2, 0) is 0 Å². The van der Waals surface area contributed by atoms with Gasteiger partial charge in [0.2, 0.25) is 0 Å². The van der Waals surface area contributed by atoms with Gasteiger partial charge in [-0.2, -0.15) is 0 Å². The van der Waals surface area contributed by atoms with Crippen LogP contribution in [0.2, 0.25) is 0 Å². The molecule has 0 bridgehead atoms. The predicted molar refractivity (Wildman–Crippen MR) is 106 cm³/mol. The van der Waals surface area contributed by atoms with Gasteiger partial charge in [0.1, 0.15) is 15.6 Å². The van der Waals surface area contributed by atoms with Gasteiger partial charge < -0.3 is 15.0 Å². The summed E-state index contributed by atoms with van der Waals surface area (Å²) in [5, 5.41) is 3.91. The van der Waals surface area contributed by atoms with E-state index in [0.29, 0.717) is 4.88 Å². The van der Waals surface area contributed by atoms with E-state index in [1.807, 2.05) is 31.2 Å². The van der Waals surface area contributed by atoms with Crippen LogP contribution in [0.25, 0.3) is 10.6 Å². The van der Waals surface area contributed by atoms with Crippen molar-refractivity contribution in [1.29, 1.82) is 0 Å². The van der Waals surface area contributed by atoms with Gasteiger partial charge in [-0.25, -0.2) is 4.98 Å². The van der Waals surface area contributed by atoms with Gasteiger partial charge in [-0.05, 0) is 76.5 Å². The zero-order valence-electron chi connectivity index (χ0n) is 15.6. The van der Waals surface area contributed by atoms with E-state index < -0.39 is 0 Å². The summed E-state index contributed by atoms with van der Waals surface area (Å²) in [6.07, 6.45) is 4.82. The van der Waals surface area contributed by atoms with Gasteiger partial charge >= 0.3 is 0 Å². The van der Waals surface area contributed by atoms with Crippen LogP contribution in [-0.4, -0.2) is 49.1 Å². The Morgan fingerprint density at radius 2 is 1.96 bits per heavy atom. The Labute approximate surface area is 159 Å². The lowest BCUT2D eigenvalue weighted by Crippen LogP contribution is -2.26. The van der Waals surface area contributed by atoms with Crippen molar-refractivity contribution in [3.63, 3.8) is 0 Å². The maximum absolute atomic E-state index is 12.5. The van der Waals surface area contributed by atoms with Crippen LogP contribution in [0.15, 0.2) is 24.3 Å². The second-order valence-corrected chi connectivity index (χ2v) is 7.67. The molecule has 1 amide bonds. The summed E-state index contributed by atoms with van der Waals surface area (Å²) in [6.45, 7) is 6.24. The van der Waals surface area contributed by atoms with Gasteiger partial charge in [-0.3, -0.25) is 4.79 Å². The molecule has 6 heteroatoms. The Kier molecular flexibility index (Phi) is 6.63. The average molecular weight is 374 g/mol. The standard InChI is InChI=1S/C20H27N3O2S/c1-15-18(19(24)21-11-3-4-12-23-13-5-6-14-23)26-20(22-15)16-7-9-17(25-2)10-8-16/h7-10H,3-6,11-14H2,1-2H3,(H,21,24). The normalized spacial score (nSPS) is 14.5.